The van der Waals surface area contributed by atoms with Gasteiger partial charge in [-0.1, -0.05) is 0 Å². The standard InChI is InChI=1S/C18H41P.ClH/c1-5-9-13-14-18-19(15-10-6-2,16-11-7-3)17-12-8-4;/h19H,5-18H2,1-4H3;1H. The van der Waals surface area contributed by atoms with Gasteiger partial charge >= 0.3 is 124 Å². The van der Waals surface area contributed by atoms with Gasteiger partial charge in [-0.25, -0.2) is 0 Å². The predicted octanol–water partition coefficient (Wildman–Crippen LogP) is 7.14. The van der Waals surface area contributed by atoms with Crippen LogP contribution in [0.2, 0.25) is 0 Å². The summed E-state index contributed by atoms with van der Waals surface area (Å²) in [5.41, 5.74) is 0. The van der Waals surface area contributed by atoms with E-state index in [0.29, 0.717) is 0 Å². The van der Waals surface area contributed by atoms with Crippen LogP contribution in [0.25, 0.3) is 0 Å². The molecule has 0 radical (unpaired) electrons. The summed E-state index contributed by atoms with van der Waals surface area (Å²) in [6, 6.07) is 0. The molecule has 0 aliphatic rings. The van der Waals surface area contributed by atoms with Crippen LogP contribution in [0.1, 0.15) is 91.9 Å². The first kappa shape index (κ1) is 23.0. The molecule has 0 N–H and O–H groups in total. The van der Waals surface area contributed by atoms with Crippen molar-refractivity contribution in [3.05, 3.63) is 0 Å². The Morgan fingerprint density at radius 1 is 0.450 bits per heavy atom. The van der Waals surface area contributed by atoms with Crippen molar-refractivity contribution in [3.63, 3.8) is 0 Å². The van der Waals surface area contributed by atoms with Crippen LogP contribution in [-0.4, -0.2) is 24.6 Å². The topological polar surface area (TPSA) is 0 Å². The molecule has 20 heavy (non-hydrogen) atoms. The first-order valence-corrected chi connectivity index (χ1v) is 12.1. The number of halogens is 1. The van der Waals surface area contributed by atoms with Crippen molar-refractivity contribution in [2.75, 3.05) is 24.6 Å². The van der Waals surface area contributed by atoms with Crippen LogP contribution >= 0.6 is 19.7 Å². The van der Waals surface area contributed by atoms with Crippen molar-refractivity contribution in [2.45, 2.75) is 91.9 Å². The minimum absolute atomic E-state index is 0. The average molecular weight is 325 g/mol. The minimum atomic E-state index is -0.908. The Balaban J connectivity index is 0. The molecular weight excluding hydrogens is 283 g/mol. The average Bonchev–Trinajstić information content (AvgIpc) is 2.44. The van der Waals surface area contributed by atoms with Gasteiger partial charge in [0.2, 0.25) is 0 Å². The minimum Gasteiger partial charge on any atom is -0.147 e. The second-order valence-corrected chi connectivity index (χ2v) is 11.6. The van der Waals surface area contributed by atoms with E-state index in [1.54, 1.807) is 24.6 Å². The molecule has 0 heterocycles. The van der Waals surface area contributed by atoms with Crippen molar-refractivity contribution >= 4 is 19.7 Å². The van der Waals surface area contributed by atoms with Crippen molar-refractivity contribution in [1.29, 1.82) is 0 Å². The molecule has 0 rings (SSSR count). The van der Waals surface area contributed by atoms with Gasteiger partial charge in [0.25, 0.3) is 0 Å². The summed E-state index contributed by atoms with van der Waals surface area (Å²) in [7, 11) is -0.908. The molecule has 0 aliphatic carbocycles. The smallest absolute Gasteiger partial charge is 0.147 e. The SMILES string of the molecule is CCCCCC[PH](CCCC)(CCCC)CCCC.Cl. The Bertz CT molecular complexity index is 160. The van der Waals surface area contributed by atoms with Gasteiger partial charge in [-0.05, 0) is 0 Å². The molecule has 0 aromatic heterocycles. The zero-order valence-electron chi connectivity index (χ0n) is 14.8. The summed E-state index contributed by atoms with van der Waals surface area (Å²) in [4.78, 5) is 0. The molecule has 0 nitrogen and oxygen atoms in total. The van der Waals surface area contributed by atoms with Gasteiger partial charge in [-0.3, -0.25) is 0 Å². The van der Waals surface area contributed by atoms with Gasteiger partial charge in [0, 0.05) is 0 Å². The maximum absolute atomic E-state index is 2.37. The van der Waals surface area contributed by atoms with Gasteiger partial charge in [0.15, 0.2) is 0 Å². The van der Waals surface area contributed by atoms with E-state index in [-0.39, 0.29) is 12.4 Å². The number of hydrogen-bond donors (Lipinski definition) is 0. The summed E-state index contributed by atoms with van der Waals surface area (Å²) >= 11 is 0. The monoisotopic (exact) mass is 324 g/mol. The molecule has 0 saturated heterocycles. The molecule has 0 aliphatic heterocycles. The first-order chi connectivity index (χ1) is 9.24. The fraction of sp³-hybridized carbons (Fsp3) is 1.00. The van der Waals surface area contributed by atoms with E-state index in [0.717, 1.165) is 0 Å². The largest absolute Gasteiger partial charge is 0.147 e. The fourth-order valence-electron chi connectivity index (χ4n) is 3.33. The maximum Gasteiger partial charge on any atom is -0.147 e. The second-order valence-electron chi connectivity index (χ2n) is 6.62. The van der Waals surface area contributed by atoms with Gasteiger partial charge in [0.05, 0.1) is 0 Å². The van der Waals surface area contributed by atoms with E-state index in [2.05, 4.69) is 27.7 Å². The predicted molar refractivity (Wildman–Crippen MR) is 104 cm³/mol. The zero-order valence-corrected chi connectivity index (χ0v) is 16.6. The van der Waals surface area contributed by atoms with Crippen LogP contribution < -0.4 is 0 Å². The van der Waals surface area contributed by atoms with E-state index >= 15 is 0 Å². The molecule has 0 saturated carbocycles. The van der Waals surface area contributed by atoms with E-state index in [4.69, 9.17) is 0 Å². The Morgan fingerprint density at radius 2 is 0.800 bits per heavy atom. The molecule has 0 unspecified atom stereocenters. The van der Waals surface area contributed by atoms with E-state index < -0.39 is 7.26 Å². The molecule has 0 fully saturated rings. The van der Waals surface area contributed by atoms with Crippen LogP contribution in [0.15, 0.2) is 0 Å². The Labute approximate surface area is 136 Å². The molecular formula is C18H42ClP. The molecule has 0 amide bonds. The quantitative estimate of drug-likeness (QED) is 0.235. The molecule has 0 atom stereocenters. The van der Waals surface area contributed by atoms with Crippen LogP contribution in [0.4, 0.5) is 0 Å². The number of hydrogen-bond acceptors (Lipinski definition) is 0. The van der Waals surface area contributed by atoms with Gasteiger partial charge in [0.1, 0.15) is 0 Å². The Morgan fingerprint density at radius 3 is 1.15 bits per heavy atom. The van der Waals surface area contributed by atoms with E-state index in [9.17, 15) is 0 Å². The van der Waals surface area contributed by atoms with Crippen LogP contribution in [0, 0.1) is 0 Å². The fourth-order valence-corrected chi connectivity index (χ4v) is 9.14. The Hall–Kier alpha value is 0.720. The van der Waals surface area contributed by atoms with Gasteiger partial charge in [-0.2, -0.15) is 0 Å². The van der Waals surface area contributed by atoms with Crippen molar-refractivity contribution in [3.8, 4) is 0 Å². The second kappa shape index (κ2) is 16.1. The third kappa shape index (κ3) is 11.4. The summed E-state index contributed by atoms with van der Waals surface area (Å²) in [6.45, 7) is 9.44. The normalized spacial score (nSPS) is 12.2. The molecule has 0 aromatic carbocycles. The number of rotatable bonds is 14. The zero-order chi connectivity index (χ0) is 14.4. The van der Waals surface area contributed by atoms with Crippen molar-refractivity contribution in [2.24, 2.45) is 0 Å². The van der Waals surface area contributed by atoms with Crippen LogP contribution in [0.3, 0.4) is 0 Å². The van der Waals surface area contributed by atoms with E-state index in [1.165, 1.54) is 64.2 Å². The summed E-state index contributed by atoms with van der Waals surface area (Å²) in [5, 5.41) is 0. The molecule has 0 bridgehead atoms. The van der Waals surface area contributed by atoms with Gasteiger partial charge < -0.3 is 0 Å². The van der Waals surface area contributed by atoms with Gasteiger partial charge in [-0.15, -0.1) is 12.4 Å². The molecule has 126 valence electrons. The Kier molecular flexibility index (Phi) is 18.5. The number of unbranched alkanes of at least 4 members (excludes halogenated alkanes) is 6. The molecule has 0 spiro atoms. The molecule has 2 heteroatoms. The van der Waals surface area contributed by atoms with Crippen LogP contribution in [0.5, 0.6) is 0 Å². The maximum atomic E-state index is 2.37. The van der Waals surface area contributed by atoms with Crippen molar-refractivity contribution < 1.29 is 0 Å². The summed E-state index contributed by atoms with van der Waals surface area (Å²) < 4.78 is 0. The summed E-state index contributed by atoms with van der Waals surface area (Å²) in [6.07, 6.45) is 21.2. The first-order valence-electron chi connectivity index (χ1n) is 9.24. The van der Waals surface area contributed by atoms with E-state index in [1.807, 2.05) is 0 Å². The molecule has 0 aromatic rings. The third-order valence-electron chi connectivity index (χ3n) is 4.74. The third-order valence-corrected chi connectivity index (χ3v) is 10.4. The van der Waals surface area contributed by atoms with Crippen LogP contribution in [-0.2, 0) is 0 Å². The summed E-state index contributed by atoms with van der Waals surface area (Å²) in [5.74, 6) is 0. The van der Waals surface area contributed by atoms with Crippen molar-refractivity contribution in [1.82, 2.24) is 0 Å².